The van der Waals surface area contributed by atoms with Crippen LogP contribution in [0.15, 0.2) is 54.0 Å². The molecule has 0 aliphatic carbocycles. The lowest BCUT2D eigenvalue weighted by Gasteiger charge is -2.03. The summed E-state index contributed by atoms with van der Waals surface area (Å²) in [6.45, 7) is 3.90. The molecule has 1 aromatic heterocycles. The van der Waals surface area contributed by atoms with Gasteiger partial charge in [-0.1, -0.05) is 29.5 Å². The van der Waals surface area contributed by atoms with Crippen molar-refractivity contribution >= 4 is 27.5 Å². The summed E-state index contributed by atoms with van der Waals surface area (Å²) in [5.41, 5.74) is 1.00. The van der Waals surface area contributed by atoms with E-state index in [0.29, 0.717) is 15.3 Å². The Morgan fingerprint density at radius 2 is 2.04 bits per heavy atom. The number of halogens is 2. The van der Waals surface area contributed by atoms with E-state index < -0.39 is 11.6 Å². The number of carbonyl (C=O) groups is 1. The largest absolute Gasteiger partial charge is 0.497 e. The molecule has 26 heavy (non-hydrogen) atoms. The molecule has 0 aliphatic heterocycles. The van der Waals surface area contributed by atoms with Gasteiger partial charge in [-0.05, 0) is 23.8 Å². The van der Waals surface area contributed by atoms with Crippen LogP contribution in [0.4, 0.5) is 8.78 Å². The first-order chi connectivity index (χ1) is 12.5. The maximum absolute atomic E-state index is 14.2. The Bertz CT molecular complexity index is 1040. The molecule has 4 nitrogen and oxygen atoms in total. The quantitative estimate of drug-likeness (QED) is 0.637. The molecular weight excluding hydrogens is 358 g/mol. The zero-order chi connectivity index (χ0) is 18.7. The second-order valence-electron chi connectivity index (χ2n) is 5.55. The number of benzene rings is 2. The standard InChI is InChI=1S/C19H16F2N2O2S/c1-3-8-23-18-15(21)10-13(20)11-16(18)26-19(23)22-17(24)9-12-4-6-14(25-2)7-5-12/h3-7,10-11H,1,8-9H2,2H3. The summed E-state index contributed by atoms with van der Waals surface area (Å²) in [7, 11) is 1.57. The van der Waals surface area contributed by atoms with Gasteiger partial charge < -0.3 is 9.30 Å². The third kappa shape index (κ3) is 3.72. The van der Waals surface area contributed by atoms with Crippen molar-refractivity contribution in [1.82, 2.24) is 4.57 Å². The van der Waals surface area contributed by atoms with Crippen LogP contribution in [0.3, 0.4) is 0 Å². The van der Waals surface area contributed by atoms with Crippen LogP contribution in [0, 0.1) is 11.6 Å². The number of thiazole rings is 1. The smallest absolute Gasteiger partial charge is 0.252 e. The first-order valence-corrected chi connectivity index (χ1v) is 8.63. The molecule has 0 aliphatic rings. The van der Waals surface area contributed by atoms with Crippen LogP contribution in [0.25, 0.3) is 10.2 Å². The number of carbonyl (C=O) groups excluding carboxylic acids is 1. The van der Waals surface area contributed by atoms with Gasteiger partial charge in [0, 0.05) is 12.6 Å². The lowest BCUT2D eigenvalue weighted by atomic mass is 10.1. The van der Waals surface area contributed by atoms with Crippen molar-refractivity contribution in [2.45, 2.75) is 13.0 Å². The highest BCUT2D eigenvalue weighted by Gasteiger charge is 2.13. The number of nitrogens with zero attached hydrogens (tertiary/aromatic N) is 2. The Kier molecular flexibility index (Phi) is 5.27. The van der Waals surface area contributed by atoms with E-state index in [1.165, 1.54) is 10.6 Å². The summed E-state index contributed by atoms with van der Waals surface area (Å²) in [5, 5.41) is 0. The molecule has 0 N–H and O–H groups in total. The maximum Gasteiger partial charge on any atom is 0.252 e. The Morgan fingerprint density at radius 3 is 2.69 bits per heavy atom. The second kappa shape index (κ2) is 7.61. The summed E-state index contributed by atoms with van der Waals surface area (Å²) in [5.74, 6) is -1.04. The third-order valence-electron chi connectivity index (χ3n) is 3.74. The molecule has 1 heterocycles. The molecule has 2 aromatic carbocycles. The van der Waals surface area contributed by atoms with Gasteiger partial charge in [-0.25, -0.2) is 8.78 Å². The first kappa shape index (κ1) is 18.0. The van der Waals surface area contributed by atoms with Crippen LogP contribution in [-0.2, 0) is 17.8 Å². The number of hydrogen-bond acceptors (Lipinski definition) is 3. The molecule has 7 heteroatoms. The van der Waals surface area contributed by atoms with Crippen LogP contribution >= 0.6 is 11.3 Å². The van der Waals surface area contributed by atoms with Crippen LogP contribution < -0.4 is 9.54 Å². The minimum Gasteiger partial charge on any atom is -0.497 e. The van der Waals surface area contributed by atoms with E-state index in [-0.39, 0.29) is 24.4 Å². The minimum absolute atomic E-state index is 0.100. The Hall–Kier alpha value is -2.80. The summed E-state index contributed by atoms with van der Waals surface area (Å²) < 4.78 is 34.6. The van der Waals surface area contributed by atoms with E-state index in [2.05, 4.69) is 11.6 Å². The number of fused-ring (bicyclic) bond motifs is 1. The van der Waals surface area contributed by atoms with Gasteiger partial charge in [0.25, 0.3) is 5.91 Å². The summed E-state index contributed by atoms with van der Waals surface area (Å²) in [6, 6.07) is 9.14. The van der Waals surface area contributed by atoms with Gasteiger partial charge in [0.1, 0.15) is 11.6 Å². The highest BCUT2D eigenvalue weighted by Crippen LogP contribution is 2.22. The van der Waals surface area contributed by atoms with E-state index in [4.69, 9.17) is 4.74 Å². The highest BCUT2D eigenvalue weighted by molar-refractivity contribution is 7.16. The van der Waals surface area contributed by atoms with Crippen LogP contribution in [0.2, 0.25) is 0 Å². The van der Waals surface area contributed by atoms with Crippen LogP contribution in [0.5, 0.6) is 5.75 Å². The number of hydrogen-bond donors (Lipinski definition) is 0. The lowest BCUT2D eigenvalue weighted by Crippen LogP contribution is -2.17. The van der Waals surface area contributed by atoms with Gasteiger partial charge in [-0.15, -0.1) is 6.58 Å². The SMILES string of the molecule is C=CCn1c(=NC(=O)Cc2ccc(OC)cc2)sc2cc(F)cc(F)c21. The number of allylic oxidation sites excluding steroid dienone is 1. The molecule has 0 bridgehead atoms. The monoisotopic (exact) mass is 374 g/mol. The third-order valence-corrected chi connectivity index (χ3v) is 4.77. The fourth-order valence-electron chi connectivity index (χ4n) is 2.58. The predicted octanol–water partition coefficient (Wildman–Crippen LogP) is 3.85. The van der Waals surface area contributed by atoms with Crippen molar-refractivity contribution in [3.05, 3.63) is 71.1 Å². The summed E-state index contributed by atoms with van der Waals surface area (Å²) in [6.07, 6.45) is 1.67. The van der Waals surface area contributed by atoms with Gasteiger partial charge >= 0.3 is 0 Å². The van der Waals surface area contributed by atoms with Crippen molar-refractivity contribution in [3.8, 4) is 5.75 Å². The summed E-state index contributed by atoms with van der Waals surface area (Å²) >= 11 is 1.06. The van der Waals surface area contributed by atoms with Crippen molar-refractivity contribution in [3.63, 3.8) is 0 Å². The zero-order valence-electron chi connectivity index (χ0n) is 14.0. The van der Waals surface area contributed by atoms with Gasteiger partial charge in [-0.2, -0.15) is 4.99 Å². The number of aromatic nitrogens is 1. The molecule has 1 amide bonds. The molecule has 0 saturated heterocycles. The van der Waals surface area contributed by atoms with Crippen molar-refractivity contribution in [2.75, 3.05) is 7.11 Å². The summed E-state index contributed by atoms with van der Waals surface area (Å²) in [4.78, 5) is 16.7. The Morgan fingerprint density at radius 1 is 1.31 bits per heavy atom. The normalized spacial score (nSPS) is 11.7. The molecule has 0 saturated carbocycles. The van der Waals surface area contributed by atoms with Crippen molar-refractivity contribution in [1.29, 1.82) is 0 Å². The van der Waals surface area contributed by atoms with Gasteiger partial charge in [0.2, 0.25) is 0 Å². The molecule has 3 aromatic rings. The molecule has 0 radical (unpaired) electrons. The van der Waals surface area contributed by atoms with Crippen molar-refractivity contribution < 1.29 is 18.3 Å². The van der Waals surface area contributed by atoms with Crippen LogP contribution in [-0.4, -0.2) is 17.6 Å². The van der Waals surface area contributed by atoms with Crippen molar-refractivity contribution in [2.24, 2.45) is 4.99 Å². The van der Waals surface area contributed by atoms with E-state index in [1.54, 1.807) is 37.5 Å². The Balaban J connectivity index is 1.99. The second-order valence-corrected chi connectivity index (χ2v) is 6.56. The molecule has 0 spiro atoms. The number of amides is 1. The average molecular weight is 374 g/mol. The predicted molar refractivity (Wildman–Crippen MR) is 97.2 cm³/mol. The Labute approximate surface area is 152 Å². The lowest BCUT2D eigenvalue weighted by molar-refractivity contribution is -0.117. The fraction of sp³-hybridized carbons (Fsp3) is 0.158. The van der Waals surface area contributed by atoms with E-state index in [9.17, 15) is 13.6 Å². The molecule has 0 fully saturated rings. The first-order valence-electron chi connectivity index (χ1n) is 7.81. The van der Waals surface area contributed by atoms with Gasteiger partial charge in [-0.3, -0.25) is 4.79 Å². The van der Waals surface area contributed by atoms with E-state index in [1.807, 2.05) is 0 Å². The number of rotatable bonds is 5. The van der Waals surface area contributed by atoms with Gasteiger partial charge in [0.05, 0.1) is 23.7 Å². The van der Waals surface area contributed by atoms with Gasteiger partial charge in [0.15, 0.2) is 10.6 Å². The van der Waals surface area contributed by atoms with Crippen LogP contribution in [0.1, 0.15) is 5.56 Å². The molecular formula is C19H16F2N2O2S. The molecule has 134 valence electrons. The van der Waals surface area contributed by atoms with E-state index >= 15 is 0 Å². The molecule has 3 rings (SSSR count). The fourth-order valence-corrected chi connectivity index (χ4v) is 3.67. The topological polar surface area (TPSA) is 43.6 Å². The number of ether oxygens (including phenoxy) is 1. The highest BCUT2D eigenvalue weighted by atomic mass is 32.1. The minimum atomic E-state index is -0.692. The average Bonchev–Trinajstić information content (AvgIpc) is 2.93. The molecule has 0 atom stereocenters. The molecule has 0 unspecified atom stereocenters. The van der Waals surface area contributed by atoms with E-state index in [0.717, 1.165) is 23.0 Å². The maximum atomic E-state index is 14.2. The zero-order valence-corrected chi connectivity index (χ0v) is 14.9. The number of methoxy groups -OCH3 is 1.